The SMILES string of the molecule is NCc1nc(OC(F)(F)F)c(C(F)F)cc1C=O. The first-order chi connectivity index (χ1) is 8.28. The molecule has 0 aliphatic heterocycles. The summed E-state index contributed by atoms with van der Waals surface area (Å²) in [7, 11) is 0. The highest BCUT2D eigenvalue weighted by Crippen LogP contribution is 2.32. The Kier molecular flexibility index (Phi) is 4.17. The van der Waals surface area contributed by atoms with Crippen molar-refractivity contribution in [1.29, 1.82) is 0 Å². The normalized spacial score (nSPS) is 11.7. The number of hydrogen-bond acceptors (Lipinski definition) is 4. The first-order valence-corrected chi connectivity index (χ1v) is 4.51. The summed E-state index contributed by atoms with van der Waals surface area (Å²) >= 11 is 0. The molecule has 0 radical (unpaired) electrons. The van der Waals surface area contributed by atoms with Gasteiger partial charge >= 0.3 is 6.36 Å². The van der Waals surface area contributed by atoms with Crippen LogP contribution in [0.4, 0.5) is 22.0 Å². The topological polar surface area (TPSA) is 65.2 Å². The Morgan fingerprint density at radius 3 is 2.44 bits per heavy atom. The largest absolute Gasteiger partial charge is 0.574 e. The number of nitrogens with two attached hydrogens (primary N) is 1. The Morgan fingerprint density at radius 2 is 2.06 bits per heavy atom. The number of nitrogens with zero attached hydrogens (tertiary/aromatic N) is 1. The lowest BCUT2D eigenvalue weighted by Gasteiger charge is -2.14. The van der Waals surface area contributed by atoms with Gasteiger partial charge in [0, 0.05) is 12.1 Å². The number of aldehydes is 1. The van der Waals surface area contributed by atoms with Crippen molar-refractivity contribution >= 4 is 6.29 Å². The van der Waals surface area contributed by atoms with Crippen LogP contribution in [-0.2, 0) is 6.54 Å². The van der Waals surface area contributed by atoms with Gasteiger partial charge in [-0.25, -0.2) is 13.8 Å². The zero-order chi connectivity index (χ0) is 13.9. The molecule has 1 heterocycles. The van der Waals surface area contributed by atoms with Crippen molar-refractivity contribution in [3.63, 3.8) is 0 Å². The van der Waals surface area contributed by atoms with E-state index in [1.165, 1.54) is 0 Å². The van der Waals surface area contributed by atoms with E-state index in [1.54, 1.807) is 0 Å². The molecule has 0 saturated heterocycles. The fourth-order valence-electron chi connectivity index (χ4n) is 1.18. The van der Waals surface area contributed by atoms with Gasteiger partial charge in [-0.15, -0.1) is 13.2 Å². The van der Waals surface area contributed by atoms with Gasteiger partial charge in [-0.05, 0) is 6.07 Å². The van der Waals surface area contributed by atoms with Gasteiger partial charge in [0.15, 0.2) is 6.29 Å². The summed E-state index contributed by atoms with van der Waals surface area (Å²) in [6.07, 6.45) is -8.25. The second kappa shape index (κ2) is 5.25. The number of halogens is 5. The number of pyridine rings is 1. The Labute approximate surface area is 97.6 Å². The summed E-state index contributed by atoms with van der Waals surface area (Å²) in [4.78, 5) is 13.7. The predicted molar refractivity (Wildman–Crippen MR) is 49.2 cm³/mol. The molecule has 1 aromatic rings. The van der Waals surface area contributed by atoms with E-state index in [0.29, 0.717) is 6.07 Å². The molecule has 0 aliphatic rings. The minimum atomic E-state index is -5.16. The van der Waals surface area contributed by atoms with Crippen LogP contribution in [-0.4, -0.2) is 17.6 Å². The molecule has 0 aromatic carbocycles. The molecule has 0 aliphatic carbocycles. The Morgan fingerprint density at radius 1 is 1.44 bits per heavy atom. The standard InChI is InChI=1S/C9H7F5N2O2/c10-7(11)5-1-4(3-17)6(2-15)16-8(5)18-9(12,13)14/h1,3,7H,2,15H2. The van der Waals surface area contributed by atoms with Gasteiger partial charge < -0.3 is 10.5 Å². The Balaban J connectivity index is 3.33. The molecular formula is C9H7F5N2O2. The van der Waals surface area contributed by atoms with E-state index in [-0.39, 0.29) is 24.1 Å². The summed E-state index contributed by atoms with van der Waals surface area (Å²) in [6.45, 7) is -0.383. The Hall–Kier alpha value is -1.77. The van der Waals surface area contributed by atoms with Crippen LogP contribution in [0.15, 0.2) is 6.07 Å². The van der Waals surface area contributed by atoms with Crippen molar-refractivity contribution in [2.75, 3.05) is 0 Å². The second-order valence-corrected chi connectivity index (χ2v) is 3.09. The lowest BCUT2D eigenvalue weighted by molar-refractivity contribution is -0.276. The number of alkyl halides is 5. The molecule has 0 fully saturated rings. The van der Waals surface area contributed by atoms with Gasteiger partial charge in [-0.2, -0.15) is 0 Å². The van der Waals surface area contributed by atoms with E-state index in [2.05, 4.69) is 9.72 Å². The summed E-state index contributed by atoms with van der Waals surface area (Å²) < 4.78 is 64.4. The van der Waals surface area contributed by atoms with Crippen LogP contribution in [0.3, 0.4) is 0 Å². The molecule has 0 spiro atoms. The molecule has 1 rings (SSSR count). The quantitative estimate of drug-likeness (QED) is 0.672. The van der Waals surface area contributed by atoms with E-state index >= 15 is 0 Å². The number of rotatable bonds is 4. The number of carbonyl (C=O) groups excluding carboxylic acids is 1. The molecule has 1 aromatic heterocycles. The van der Waals surface area contributed by atoms with Crippen molar-refractivity contribution in [1.82, 2.24) is 4.98 Å². The summed E-state index contributed by atoms with van der Waals surface area (Å²) in [5.41, 5.74) is 3.46. The highest BCUT2D eigenvalue weighted by Gasteiger charge is 2.34. The molecular weight excluding hydrogens is 263 g/mol. The van der Waals surface area contributed by atoms with E-state index in [0.717, 1.165) is 0 Å². The molecule has 0 atom stereocenters. The van der Waals surface area contributed by atoms with Crippen molar-refractivity contribution in [2.24, 2.45) is 5.73 Å². The fourth-order valence-corrected chi connectivity index (χ4v) is 1.18. The molecule has 2 N–H and O–H groups in total. The average molecular weight is 270 g/mol. The summed E-state index contributed by atoms with van der Waals surface area (Å²) in [5, 5.41) is 0. The van der Waals surface area contributed by atoms with E-state index in [9.17, 15) is 26.7 Å². The third kappa shape index (κ3) is 3.36. The van der Waals surface area contributed by atoms with Crippen LogP contribution in [0.2, 0.25) is 0 Å². The van der Waals surface area contributed by atoms with Gasteiger partial charge in [0.2, 0.25) is 5.88 Å². The van der Waals surface area contributed by atoms with Crippen LogP contribution in [0, 0.1) is 0 Å². The molecule has 0 saturated carbocycles. The minimum absolute atomic E-state index is 0.179. The van der Waals surface area contributed by atoms with E-state index < -0.39 is 24.2 Å². The van der Waals surface area contributed by atoms with E-state index in [1.807, 2.05) is 0 Å². The highest BCUT2D eigenvalue weighted by molar-refractivity contribution is 5.77. The third-order valence-corrected chi connectivity index (χ3v) is 1.90. The third-order valence-electron chi connectivity index (χ3n) is 1.90. The van der Waals surface area contributed by atoms with Gasteiger partial charge in [0.1, 0.15) is 0 Å². The van der Waals surface area contributed by atoms with Crippen molar-refractivity contribution in [2.45, 2.75) is 19.3 Å². The van der Waals surface area contributed by atoms with Crippen LogP contribution in [0.5, 0.6) is 5.88 Å². The number of ether oxygens (including phenoxy) is 1. The maximum absolute atomic E-state index is 12.5. The fraction of sp³-hybridized carbons (Fsp3) is 0.333. The maximum atomic E-state index is 12.5. The van der Waals surface area contributed by atoms with Crippen molar-refractivity contribution in [3.05, 3.63) is 22.9 Å². The zero-order valence-electron chi connectivity index (χ0n) is 8.67. The molecule has 18 heavy (non-hydrogen) atoms. The summed E-state index contributed by atoms with van der Waals surface area (Å²) in [6, 6.07) is 0.577. The first-order valence-electron chi connectivity index (χ1n) is 4.51. The van der Waals surface area contributed by atoms with Crippen LogP contribution < -0.4 is 10.5 Å². The van der Waals surface area contributed by atoms with E-state index in [4.69, 9.17) is 5.73 Å². The monoisotopic (exact) mass is 270 g/mol. The highest BCUT2D eigenvalue weighted by atomic mass is 19.4. The van der Waals surface area contributed by atoms with Crippen LogP contribution in [0.1, 0.15) is 28.0 Å². The van der Waals surface area contributed by atoms with Crippen molar-refractivity contribution < 1.29 is 31.5 Å². The molecule has 4 nitrogen and oxygen atoms in total. The first kappa shape index (κ1) is 14.3. The average Bonchev–Trinajstić information content (AvgIpc) is 2.25. The predicted octanol–water partition coefficient (Wildman–Crippen LogP) is 2.19. The number of carbonyl (C=O) groups is 1. The van der Waals surface area contributed by atoms with Gasteiger partial charge in [0.05, 0.1) is 11.3 Å². The maximum Gasteiger partial charge on any atom is 0.574 e. The molecule has 9 heteroatoms. The lowest BCUT2D eigenvalue weighted by atomic mass is 10.1. The molecule has 0 unspecified atom stereocenters. The van der Waals surface area contributed by atoms with Gasteiger partial charge in [-0.3, -0.25) is 4.79 Å². The number of aromatic nitrogens is 1. The molecule has 0 bridgehead atoms. The van der Waals surface area contributed by atoms with Crippen LogP contribution in [0.25, 0.3) is 0 Å². The second-order valence-electron chi connectivity index (χ2n) is 3.09. The van der Waals surface area contributed by atoms with Gasteiger partial charge in [-0.1, -0.05) is 0 Å². The minimum Gasteiger partial charge on any atom is -0.387 e. The summed E-state index contributed by atoms with van der Waals surface area (Å²) in [5.74, 6) is -1.30. The molecule has 0 amide bonds. The molecule has 100 valence electrons. The van der Waals surface area contributed by atoms with Crippen LogP contribution >= 0.6 is 0 Å². The number of hydrogen-bond donors (Lipinski definition) is 1. The zero-order valence-corrected chi connectivity index (χ0v) is 8.67. The van der Waals surface area contributed by atoms with Crippen molar-refractivity contribution in [3.8, 4) is 5.88 Å². The lowest BCUT2D eigenvalue weighted by Crippen LogP contribution is -2.20. The Bertz CT molecular complexity index is 447. The van der Waals surface area contributed by atoms with Gasteiger partial charge in [0.25, 0.3) is 6.43 Å². The smallest absolute Gasteiger partial charge is 0.387 e.